The number of fused-ring (bicyclic) bond motifs is 3. The number of unbranched alkanes of at least 4 members (excludes halogenated alkanes) is 1. The molecule has 0 N–H and O–H groups in total. The van der Waals surface area contributed by atoms with Crippen LogP contribution in [0.5, 0.6) is 0 Å². The normalized spacial score (nSPS) is 18.8. The van der Waals surface area contributed by atoms with Crippen LogP contribution < -0.4 is 0 Å². The average Bonchev–Trinajstić information content (AvgIpc) is 3.42. The number of allylic oxidation sites excluding steroid dienone is 4. The summed E-state index contributed by atoms with van der Waals surface area (Å²) < 4.78 is 0. The topological polar surface area (TPSA) is 0 Å². The molecule has 3 aromatic rings. The fourth-order valence-corrected chi connectivity index (χ4v) is 6.59. The molecule has 2 aliphatic carbocycles. The summed E-state index contributed by atoms with van der Waals surface area (Å²) in [5, 5.41) is 0. The minimum atomic E-state index is -0.151. The fraction of sp³-hybridized carbons (Fsp3) is 0.371. The third-order valence-corrected chi connectivity index (χ3v) is 8.55. The van der Waals surface area contributed by atoms with Crippen molar-refractivity contribution in [2.24, 2.45) is 5.41 Å². The predicted molar refractivity (Wildman–Crippen MR) is 151 cm³/mol. The van der Waals surface area contributed by atoms with Gasteiger partial charge in [-0.2, -0.15) is 0 Å². The highest BCUT2D eigenvalue weighted by Gasteiger charge is 2.47. The van der Waals surface area contributed by atoms with Crippen molar-refractivity contribution in [1.82, 2.24) is 0 Å². The Morgan fingerprint density at radius 2 is 1.49 bits per heavy atom. The Morgan fingerprint density at radius 1 is 0.800 bits per heavy atom. The smallest absolute Gasteiger partial charge is 0.0283 e. The van der Waals surface area contributed by atoms with E-state index in [9.17, 15) is 0 Å². The molecule has 0 heteroatoms. The van der Waals surface area contributed by atoms with Gasteiger partial charge in [-0.25, -0.2) is 0 Å². The molecule has 5 rings (SSSR count). The lowest BCUT2D eigenvalue weighted by Crippen LogP contribution is -2.33. The highest BCUT2D eigenvalue weighted by atomic mass is 14.5. The van der Waals surface area contributed by atoms with E-state index in [1.165, 1.54) is 51.8 Å². The van der Waals surface area contributed by atoms with Gasteiger partial charge in [-0.15, -0.1) is 0 Å². The van der Waals surface area contributed by atoms with E-state index >= 15 is 0 Å². The minimum Gasteiger partial charge on any atom is -0.0654 e. The van der Waals surface area contributed by atoms with Gasteiger partial charge in [0, 0.05) is 11.3 Å². The van der Waals surface area contributed by atoms with Crippen LogP contribution in [0.4, 0.5) is 0 Å². The van der Waals surface area contributed by atoms with E-state index in [4.69, 9.17) is 0 Å². The van der Waals surface area contributed by atoms with Crippen molar-refractivity contribution in [3.05, 3.63) is 118 Å². The Hall–Kier alpha value is -2.86. The lowest BCUT2D eigenvalue weighted by atomic mass is 9.62. The molecule has 2 unspecified atom stereocenters. The van der Waals surface area contributed by atoms with Gasteiger partial charge in [-0.3, -0.25) is 0 Å². The summed E-state index contributed by atoms with van der Waals surface area (Å²) >= 11 is 0. The standard InChI is InChI=1S/C35H40/c1-7-8-15-25-16-14-21-29-28-19-12-13-20-30(28)33(32(25)29)35(6,26-17-10-9-11-18-26)31-23-27(22-24(31)2)34(3,4)5/h9-14,16-21,23,33H,7-8,15,22H2,1-6H3. The quantitative estimate of drug-likeness (QED) is 0.343. The van der Waals surface area contributed by atoms with E-state index in [2.05, 4.69) is 120 Å². The van der Waals surface area contributed by atoms with Gasteiger partial charge in [-0.1, -0.05) is 131 Å². The molecule has 0 heterocycles. The molecule has 0 nitrogen and oxygen atoms in total. The molecule has 0 bridgehead atoms. The largest absolute Gasteiger partial charge is 0.0654 e. The molecule has 0 spiro atoms. The number of hydrogen-bond donors (Lipinski definition) is 0. The zero-order valence-electron chi connectivity index (χ0n) is 22.4. The second-order valence-corrected chi connectivity index (χ2v) is 11.9. The van der Waals surface area contributed by atoms with Crippen molar-refractivity contribution < 1.29 is 0 Å². The summed E-state index contributed by atoms with van der Waals surface area (Å²) in [4.78, 5) is 0. The average molecular weight is 461 g/mol. The minimum absolute atomic E-state index is 0.151. The Labute approximate surface area is 212 Å². The molecular weight excluding hydrogens is 420 g/mol. The van der Waals surface area contributed by atoms with Crippen LogP contribution in [0, 0.1) is 5.41 Å². The lowest BCUT2D eigenvalue weighted by Gasteiger charge is -2.40. The molecule has 0 aromatic heterocycles. The van der Waals surface area contributed by atoms with E-state index < -0.39 is 0 Å². The lowest BCUT2D eigenvalue weighted by molar-refractivity contribution is 0.491. The summed E-state index contributed by atoms with van der Waals surface area (Å²) in [5.74, 6) is 0.296. The molecule has 0 amide bonds. The number of aryl methyl sites for hydroxylation is 1. The molecule has 0 saturated heterocycles. The Kier molecular flexibility index (Phi) is 6.12. The van der Waals surface area contributed by atoms with Gasteiger partial charge in [0.2, 0.25) is 0 Å². The second kappa shape index (κ2) is 8.98. The maximum atomic E-state index is 2.57. The van der Waals surface area contributed by atoms with Crippen LogP contribution in [0.15, 0.2) is 95.6 Å². The van der Waals surface area contributed by atoms with E-state index in [0.717, 1.165) is 12.8 Å². The maximum Gasteiger partial charge on any atom is 0.0283 e. The van der Waals surface area contributed by atoms with Gasteiger partial charge < -0.3 is 0 Å². The molecule has 2 atom stereocenters. The summed E-state index contributed by atoms with van der Waals surface area (Å²) in [7, 11) is 0. The molecule has 3 aromatic carbocycles. The Bertz CT molecular complexity index is 1300. The fourth-order valence-electron chi connectivity index (χ4n) is 6.59. The zero-order chi connectivity index (χ0) is 24.8. The van der Waals surface area contributed by atoms with Gasteiger partial charge in [-0.05, 0) is 70.6 Å². The maximum absolute atomic E-state index is 2.57. The first-order valence-corrected chi connectivity index (χ1v) is 13.4. The molecule has 2 aliphatic rings. The van der Waals surface area contributed by atoms with E-state index in [-0.39, 0.29) is 10.8 Å². The first-order valence-electron chi connectivity index (χ1n) is 13.4. The summed E-state index contributed by atoms with van der Waals surface area (Å²) in [5.41, 5.74) is 13.5. The molecule has 0 fully saturated rings. The van der Waals surface area contributed by atoms with Gasteiger partial charge in [0.05, 0.1) is 0 Å². The van der Waals surface area contributed by atoms with Crippen molar-refractivity contribution in [2.45, 2.75) is 78.6 Å². The van der Waals surface area contributed by atoms with Gasteiger partial charge >= 0.3 is 0 Å². The first-order chi connectivity index (χ1) is 16.8. The summed E-state index contributed by atoms with van der Waals surface area (Å²) in [6.45, 7) is 14.3. The molecule has 0 saturated carbocycles. The highest BCUT2D eigenvalue weighted by molar-refractivity contribution is 5.82. The van der Waals surface area contributed by atoms with Crippen LogP contribution in [0.1, 0.15) is 89.0 Å². The Balaban J connectivity index is 1.81. The number of hydrogen-bond acceptors (Lipinski definition) is 0. The molecule has 0 aliphatic heterocycles. The van der Waals surface area contributed by atoms with Crippen molar-refractivity contribution in [1.29, 1.82) is 0 Å². The third-order valence-electron chi connectivity index (χ3n) is 8.55. The van der Waals surface area contributed by atoms with Crippen molar-refractivity contribution in [3.8, 4) is 11.1 Å². The molecule has 35 heavy (non-hydrogen) atoms. The second-order valence-electron chi connectivity index (χ2n) is 11.9. The van der Waals surface area contributed by atoms with Gasteiger partial charge in [0.1, 0.15) is 0 Å². The van der Waals surface area contributed by atoms with Crippen LogP contribution in [0.25, 0.3) is 11.1 Å². The number of rotatable bonds is 6. The first kappa shape index (κ1) is 23.9. The SMILES string of the molecule is CCCCc1cccc2c1C(C(C)(C1=C(C)CC(C(C)(C)C)=C1)c1ccccc1)c1ccccc1-2. The van der Waals surface area contributed by atoms with E-state index in [1.807, 2.05) is 0 Å². The molecular formula is C35H40. The predicted octanol–water partition coefficient (Wildman–Crippen LogP) is 9.79. The van der Waals surface area contributed by atoms with Crippen LogP contribution in [-0.2, 0) is 11.8 Å². The van der Waals surface area contributed by atoms with Crippen LogP contribution in [0.2, 0.25) is 0 Å². The van der Waals surface area contributed by atoms with Crippen molar-refractivity contribution in [3.63, 3.8) is 0 Å². The summed E-state index contributed by atoms with van der Waals surface area (Å²) in [6, 6.07) is 27.5. The van der Waals surface area contributed by atoms with Crippen molar-refractivity contribution in [2.75, 3.05) is 0 Å². The summed E-state index contributed by atoms with van der Waals surface area (Å²) in [6.07, 6.45) is 7.25. The van der Waals surface area contributed by atoms with Gasteiger partial charge in [0.15, 0.2) is 0 Å². The molecule has 180 valence electrons. The van der Waals surface area contributed by atoms with Crippen LogP contribution >= 0.6 is 0 Å². The zero-order valence-corrected chi connectivity index (χ0v) is 22.4. The van der Waals surface area contributed by atoms with Crippen molar-refractivity contribution >= 4 is 0 Å². The van der Waals surface area contributed by atoms with Crippen LogP contribution in [0.3, 0.4) is 0 Å². The Morgan fingerprint density at radius 3 is 2.17 bits per heavy atom. The van der Waals surface area contributed by atoms with E-state index in [0.29, 0.717) is 5.92 Å². The third kappa shape index (κ3) is 3.92. The van der Waals surface area contributed by atoms with E-state index in [1.54, 1.807) is 11.1 Å². The van der Waals surface area contributed by atoms with Gasteiger partial charge in [0.25, 0.3) is 0 Å². The highest BCUT2D eigenvalue weighted by Crippen LogP contribution is 2.59. The monoisotopic (exact) mass is 460 g/mol. The van der Waals surface area contributed by atoms with Crippen LogP contribution in [-0.4, -0.2) is 0 Å². The molecule has 0 radical (unpaired) electrons. The number of benzene rings is 3.